The first-order valence-corrected chi connectivity index (χ1v) is 4.15. The van der Waals surface area contributed by atoms with Crippen molar-refractivity contribution in [3.05, 3.63) is 23.8 Å². The summed E-state index contributed by atoms with van der Waals surface area (Å²) in [7, 11) is 0. The van der Waals surface area contributed by atoms with Crippen LogP contribution in [-0.2, 0) is 4.79 Å². The lowest BCUT2D eigenvalue weighted by atomic mass is 10.1. The molecular formula is C9H8N2O4. The minimum absolute atomic E-state index is 0.0601. The molecule has 78 valence electrons. The zero-order chi connectivity index (χ0) is 11.0. The largest absolute Gasteiger partial charge is 0.479 e. The number of aliphatic hydroxyl groups excluding tert-OH is 1. The Hall–Kier alpha value is -2.08. The molecule has 0 fully saturated rings. The van der Waals surface area contributed by atoms with Crippen LogP contribution in [0.25, 0.3) is 11.1 Å². The molecule has 1 aromatic heterocycles. The van der Waals surface area contributed by atoms with Crippen LogP contribution in [0.5, 0.6) is 0 Å². The summed E-state index contributed by atoms with van der Waals surface area (Å²) in [6.07, 6.45) is -1.64. The van der Waals surface area contributed by atoms with Gasteiger partial charge < -0.3 is 20.4 Å². The van der Waals surface area contributed by atoms with Gasteiger partial charge in [0.05, 0.1) is 0 Å². The molecule has 0 aliphatic rings. The van der Waals surface area contributed by atoms with Crippen molar-refractivity contribution in [2.75, 3.05) is 5.73 Å². The van der Waals surface area contributed by atoms with Gasteiger partial charge in [0.25, 0.3) is 6.01 Å². The van der Waals surface area contributed by atoms with E-state index in [-0.39, 0.29) is 17.2 Å². The van der Waals surface area contributed by atoms with Crippen molar-refractivity contribution in [1.82, 2.24) is 4.98 Å². The fraction of sp³-hybridized carbons (Fsp3) is 0.111. The number of para-hydroxylation sites is 1. The summed E-state index contributed by atoms with van der Waals surface area (Å²) < 4.78 is 5.01. The number of nitrogen functional groups attached to an aromatic ring is 1. The van der Waals surface area contributed by atoms with E-state index in [0.717, 1.165) is 0 Å². The number of oxazole rings is 1. The maximum Gasteiger partial charge on any atom is 0.337 e. The normalized spacial score (nSPS) is 12.9. The molecule has 0 aliphatic carbocycles. The number of carboxylic acids is 1. The Bertz CT molecular complexity index is 520. The van der Waals surface area contributed by atoms with E-state index in [1.807, 2.05) is 0 Å². The van der Waals surface area contributed by atoms with E-state index in [4.69, 9.17) is 15.3 Å². The molecule has 2 aromatic rings. The Kier molecular flexibility index (Phi) is 2.05. The van der Waals surface area contributed by atoms with Crippen molar-refractivity contribution < 1.29 is 19.4 Å². The van der Waals surface area contributed by atoms with E-state index in [1.165, 1.54) is 6.07 Å². The Morgan fingerprint density at radius 3 is 2.93 bits per heavy atom. The van der Waals surface area contributed by atoms with Crippen LogP contribution in [0.2, 0.25) is 0 Å². The van der Waals surface area contributed by atoms with Crippen LogP contribution in [0.4, 0.5) is 6.01 Å². The van der Waals surface area contributed by atoms with Gasteiger partial charge in [-0.15, -0.1) is 0 Å². The topological polar surface area (TPSA) is 110 Å². The van der Waals surface area contributed by atoms with Gasteiger partial charge in [-0.25, -0.2) is 4.79 Å². The fourth-order valence-corrected chi connectivity index (χ4v) is 1.34. The second-order valence-corrected chi connectivity index (χ2v) is 2.99. The summed E-state index contributed by atoms with van der Waals surface area (Å²) >= 11 is 0. The number of carboxylic acid groups (broad SMARTS) is 1. The van der Waals surface area contributed by atoms with Crippen LogP contribution in [0, 0.1) is 0 Å². The SMILES string of the molecule is Nc1nc2cccc(C(O)C(=O)O)c2o1. The van der Waals surface area contributed by atoms with Gasteiger partial charge in [-0.3, -0.25) is 0 Å². The number of aromatic nitrogens is 1. The molecule has 0 saturated heterocycles. The van der Waals surface area contributed by atoms with Gasteiger partial charge in [-0.05, 0) is 6.07 Å². The molecule has 0 radical (unpaired) electrons. The number of rotatable bonds is 2. The third kappa shape index (κ3) is 1.50. The fourth-order valence-electron chi connectivity index (χ4n) is 1.34. The highest BCUT2D eigenvalue weighted by atomic mass is 16.4. The molecule has 0 bridgehead atoms. The number of hydrogen-bond donors (Lipinski definition) is 3. The van der Waals surface area contributed by atoms with Gasteiger partial charge in [0, 0.05) is 5.56 Å². The van der Waals surface area contributed by atoms with Gasteiger partial charge in [0.2, 0.25) is 0 Å². The molecule has 0 saturated carbocycles. The Balaban J connectivity index is 2.64. The number of nitrogens with two attached hydrogens (primary N) is 1. The second kappa shape index (κ2) is 3.25. The van der Waals surface area contributed by atoms with Crippen molar-refractivity contribution in [2.24, 2.45) is 0 Å². The van der Waals surface area contributed by atoms with E-state index >= 15 is 0 Å². The molecular weight excluding hydrogens is 200 g/mol. The Labute approximate surface area is 83.9 Å². The van der Waals surface area contributed by atoms with Crippen LogP contribution in [0.3, 0.4) is 0 Å². The number of carbonyl (C=O) groups is 1. The molecule has 6 heteroatoms. The van der Waals surface area contributed by atoms with Gasteiger partial charge in [0.1, 0.15) is 5.52 Å². The first kappa shape index (κ1) is 9.47. The monoisotopic (exact) mass is 208 g/mol. The number of hydrogen-bond acceptors (Lipinski definition) is 5. The highest BCUT2D eigenvalue weighted by Gasteiger charge is 2.21. The molecule has 2 rings (SSSR count). The summed E-state index contributed by atoms with van der Waals surface area (Å²) in [5.74, 6) is -1.35. The zero-order valence-corrected chi connectivity index (χ0v) is 7.54. The number of aliphatic carboxylic acids is 1. The smallest absolute Gasteiger partial charge is 0.337 e. The van der Waals surface area contributed by atoms with Crippen LogP contribution < -0.4 is 5.73 Å². The van der Waals surface area contributed by atoms with Gasteiger partial charge in [-0.2, -0.15) is 4.98 Å². The van der Waals surface area contributed by atoms with E-state index in [1.54, 1.807) is 12.1 Å². The summed E-state index contributed by atoms with van der Waals surface area (Å²) in [6, 6.07) is 4.58. The predicted octanol–water partition coefficient (Wildman–Crippen LogP) is 0.528. The van der Waals surface area contributed by atoms with Gasteiger partial charge in [0.15, 0.2) is 11.7 Å². The van der Waals surface area contributed by atoms with E-state index in [9.17, 15) is 9.90 Å². The lowest BCUT2D eigenvalue weighted by Gasteiger charge is -2.04. The first-order chi connectivity index (χ1) is 7.09. The van der Waals surface area contributed by atoms with Crippen molar-refractivity contribution in [3.8, 4) is 0 Å². The van der Waals surface area contributed by atoms with Crippen LogP contribution in [-0.4, -0.2) is 21.2 Å². The average Bonchev–Trinajstić information content (AvgIpc) is 2.56. The zero-order valence-electron chi connectivity index (χ0n) is 7.54. The minimum Gasteiger partial charge on any atom is -0.479 e. The van der Waals surface area contributed by atoms with Crippen molar-refractivity contribution in [2.45, 2.75) is 6.10 Å². The molecule has 1 atom stereocenters. The third-order valence-electron chi connectivity index (χ3n) is 1.99. The maximum absolute atomic E-state index is 10.6. The molecule has 0 spiro atoms. The third-order valence-corrected chi connectivity index (χ3v) is 1.99. The summed E-state index contributed by atoms with van der Waals surface area (Å²) in [5, 5.41) is 18.0. The standard InChI is InChI=1S/C9H8N2O4/c10-9-11-5-3-1-2-4(7(5)15-9)6(12)8(13)14/h1-3,6,12H,(H2,10,11)(H,13,14). The summed E-state index contributed by atoms with van der Waals surface area (Å²) in [4.78, 5) is 14.4. The maximum atomic E-state index is 10.6. The van der Waals surface area contributed by atoms with Crippen molar-refractivity contribution >= 4 is 23.1 Å². The predicted molar refractivity (Wildman–Crippen MR) is 51.0 cm³/mol. The van der Waals surface area contributed by atoms with Gasteiger partial charge >= 0.3 is 5.97 Å². The molecule has 1 unspecified atom stereocenters. The summed E-state index contributed by atoms with van der Waals surface area (Å²) in [5.41, 5.74) is 6.09. The molecule has 6 nitrogen and oxygen atoms in total. The molecule has 4 N–H and O–H groups in total. The first-order valence-electron chi connectivity index (χ1n) is 4.15. The molecule has 1 heterocycles. The minimum atomic E-state index is -1.64. The second-order valence-electron chi connectivity index (χ2n) is 2.99. The Morgan fingerprint density at radius 1 is 1.53 bits per heavy atom. The molecule has 15 heavy (non-hydrogen) atoms. The highest BCUT2D eigenvalue weighted by molar-refractivity contribution is 5.84. The molecule has 0 aliphatic heterocycles. The van der Waals surface area contributed by atoms with Crippen molar-refractivity contribution in [1.29, 1.82) is 0 Å². The number of nitrogens with zero attached hydrogens (tertiary/aromatic N) is 1. The lowest BCUT2D eigenvalue weighted by Crippen LogP contribution is -2.10. The number of aliphatic hydroxyl groups is 1. The molecule has 0 amide bonds. The van der Waals surface area contributed by atoms with E-state index in [0.29, 0.717) is 5.52 Å². The van der Waals surface area contributed by atoms with Crippen LogP contribution in [0.15, 0.2) is 22.6 Å². The summed E-state index contributed by atoms with van der Waals surface area (Å²) in [6.45, 7) is 0. The van der Waals surface area contributed by atoms with E-state index < -0.39 is 12.1 Å². The number of fused-ring (bicyclic) bond motifs is 1. The molecule has 1 aromatic carbocycles. The van der Waals surface area contributed by atoms with Crippen LogP contribution in [0.1, 0.15) is 11.7 Å². The van der Waals surface area contributed by atoms with Crippen molar-refractivity contribution in [3.63, 3.8) is 0 Å². The number of benzene rings is 1. The van der Waals surface area contributed by atoms with Crippen LogP contribution >= 0.6 is 0 Å². The average molecular weight is 208 g/mol. The number of anilines is 1. The Morgan fingerprint density at radius 2 is 2.27 bits per heavy atom. The lowest BCUT2D eigenvalue weighted by molar-refractivity contribution is -0.146. The van der Waals surface area contributed by atoms with E-state index in [2.05, 4.69) is 4.98 Å². The highest BCUT2D eigenvalue weighted by Crippen LogP contribution is 2.25. The quantitative estimate of drug-likeness (QED) is 0.663. The van der Waals surface area contributed by atoms with Gasteiger partial charge in [-0.1, -0.05) is 12.1 Å².